The molecule has 0 unspecified atom stereocenters. The van der Waals surface area contributed by atoms with Gasteiger partial charge in [0, 0.05) is 16.7 Å². The van der Waals surface area contributed by atoms with Crippen LogP contribution in [-0.2, 0) is 4.79 Å². The molecule has 0 aromatic heterocycles. The summed E-state index contributed by atoms with van der Waals surface area (Å²) >= 11 is 11.8. The van der Waals surface area contributed by atoms with E-state index >= 15 is 0 Å². The van der Waals surface area contributed by atoms with Crippen molar-refractivity contribution in [2.24, 2.45) is 0 Å². The monoisotopic (exact) mass is 484 g/mol. The molecule has 0 atom stereocenters. The van der Waals surface area contributed by atoms with Gasteiger partial charge in [-0.2, -0.15) is 0 Å². The molecule has 3 rings (SSSR count). The molecule has 0 aliphatic carbocycles. The van der Waals surface area contributed by atoms with Gasteiger partial charge in [-0.3, -0.25) is 20.4 Å². The van der Waals surface area contributed by atoms with Crippen LogP contribution >= 0.6 is 23.2 Å². The number of benzene rings is 3. The highest BCUT2D eigenvalue weighted by atomic mass is 35.5. The van der Waals surface area contributed by atoms with Crippen LogP contribution in [0.2, 0.25) is 10.0 Å². The van der Waals surface area contributed by atoms with Crippen LogP contribution in [0.3, 0.4) is 0 Å². The fourth-order valence-electron chi connectivity index (χ4n) is 2.66. The highest BCUT2D eigenvalue weighted by Gasteiger charge is 2.12. The number of halogens is 2. The van der Waals surface area contributed by atoms with E-state index in [0.717, 1.165) is 0 Å². The van der Waals surface area contributed by atoms with Crippen LogP contribution in [-0.4, -0.2) is 24.9 Å². The van der Waals surface area contributed by atoms with Crippen molar-refractivity contribution in [3.8, 4) is 11.5 Å². The fourth-order valence-corrected chi connectivity index (χ4v) is 3.16. The number of carbonyl (C=O) groups excluding carboxylic acids is 3. The molecule has 9 heteroatoms. The smallest absolute Gasteiger partial charge is 0.343 e. The van der Waals surface area contributed by atoms with E-state index in [0.29, 0.717) is 21.9 Å². The molecule has 0 heterocycles. The van der Waals surface area contributed by atoms with Gasteiger partial charge < -0.3 is 9.47 Å². The predicted molar refractivity (Wildman–Crippen MR) is 125 cm³/mol. The normalized spacial score (nSPS) is 10.5. The number of carbonyl (C=O) groups is 3. The van der Waals surface area contributed by atoms with Crippen LogP contribution in [0.5, 0.6) is 11.5 Å². The van der Waals surface area contributed by atoms with Crippen molar-refractivity contribution in [2.45, 2.75) is 0 Å². The highest BCUT2D eigenvalue weighted by Crippen LogP contribution is 2.22. The van der Waals surface area contributed by atoms with Gasteiger partial charge in [0.2, 0.25) is 0 Å². The minimum absolute atomic E-state index is 0.150. The molecule has 0 aliphatic rings. The maximum absolute atomic E-state index is 12.4. The van der Waals surface area contributed by atoms with Crippen LogP contribution < -0.4 is 20.3 Å². The van der Waals surface area contributed by atoms with Gasteiger partial charge in [0.15, 0.2) is 0 Å². The van der Waals surface area contributed by atoms with Crippen molar-refractivity contribution in [1.29, 1.82) is 0 Å². The average molecular weight is 485 g/mol. The lowest BCUT2D eigenvalue weighted by Crippen LogP contribution is -2.40. The average Bonchev–Trinajstić information content (AvgIpc) is 2.82. The molecule has 2 amide bonds. The third kappa shape index (κ3) is 6.58. The Morgan fingerprint density at radius 2 is 1.64 bits per heavy atom. The number of rotatable bonds is 6. The summed E-state index contributed by atoms with van der Waals surface area (Å²) in [5, 5.41) is 0.535. The van der Waals surface area contributed by atoms with Crippen molar-refractivity contribution in [2.75, 3.05) is 7.11 Å². The Balaban J connectivity index is 1.62. The molecule has 33 heavy (non-hydrogen) atoms. The quantitative estimate of drug-likeness (QED) is 0.229. The standard InChI is InChI=1S/C24H18Cl2N2O5/c1-32-18-10-6-16(7-11-18)24(31)33-21-5-3-2-4-15(21)8-13-22(29)27-28-23(30)19-12-9-17(25)14-20(19)26/h2-14H,1H3,(H,27,29)(H,28,30)/b13-8+. The molecule has 7 nitrogen and oxygen atoms in total. The summed E-state index contributed by atoms with van der Waals surface area (Å²) in [6, 6.07) is 17.5. The molecule has 2 N–H and O–H groups in total. The Morgan fingerprint density at radius 3 is 2.33 bits per heavy atom. The molecule has 0 saturated heterocycles. The fraction of sp³-hybridized carbons (Fsp3) is 0.0417. The molecule has 0 spiro atoms. The van der Waals surface area contributed by atoms with Crippen LogP contribution in [0.25, 0.3) is 6.08 Å². The number of hydrazine groups is 1. The Morgan fingerprint density at radius 1 is 0.909 bits per heavy atom. The second-order valence-electron chi connectivity index (χ2n) is 6.56. The van der Waals surface area contributed by atoms with Gasteiger partial charge in [0.1, 0.15) is 11.5 Å². The Kier molecular flexibility index (Phi) is 8.07. The maximum Gasteiger partial charge on any atom is 0.343 e. The minimum Gasteiger partial charge on any atom is -0.497 e. The first-order valence-electron chi connectivity index (χ1n) is 9.56. The van der Waals surface area contributed by atoms with E-state index in [1.165, 1.54) is 37.5 Å². The molecule has 3 aromatic carbocycles. The van der Waals surface area contributed by atoms with E-state index in [-0.39, 0.29) is 16.3 Å². The number of methoxy groups -OCH3 is 1. The lowest BCUT2D eigenvalue weighted by Gasteiger charge is -2.09. The predicted octanol–water partition coefficient (Wildman–Crippen LogP) is 4.70. The highest BCUT2D eigenvalue weighted by molar-refractivity contribution is 6.36. The Labute approximate surface area is 199 Å². The zero-order valence-corrected chi connectivity index (χ0v) is 18.8. The summed E-state index contributed by atoms with van der Waals surface area (Å²) in [4.78, 5) is 36.7. The van der Waals surface area contributed by atoms with Gasteiger partial charge in [-0.1, -0.05) is 41.4 Å². The number of ether oxygens (including phenoxy) is 2. The lowest BCUT2D eigenvalue weighted by atomic mass is 10.1. The number of hydrogen-bond acceptors (Lipinski definition) is 5. The van der Waals surface area contributed by atoms with E-state index in [4.69, 9.17) is 32.7 Å². The summed E-state index contributed by atoms with van der Waals surface area (Å²) in [5.74, 6) is -0.891. The molecule has 168 valence electrons. The van der Waals surface area contributed by atoms with Crippen molar-refractivity contribution in [3.05, 3.63) is 99.5 Å². The van der Waals surface area contributed by atoms with Gasteiger partial charge >= 0.3 is 5.97 Å². The molecular weight excluding hydrogens is 467 g/mol. The van der Waals surface area contributed by atoms with Gasteiger partial charge in [-0.05, 0) is 54.6 Å². The van der Waals surface area contributed by atoms with E-state index in [2.05, 4.69) is 10.9 Å². The number of hydrogen-bond donors (Lipinski definition) is 2. The number of para-hydroxylation sites is 1. The van der Waals surface area contributed by atoms with Crippen molar-refractivity contribution in [3.63, 3.8) is 0 Å². The largest absolute Gasteiger partial charge is 0.497 e. The summed E-state index contributed by atoms with van der Waals surface area (Å²) in [6.45, 7) is 0. The van der Waals surface area contributed by atoms with E-state index in [1.54, 1.807) is 48.5 Å². The number of esters is 1. The molecule has 0 saturated carbocycles. The van der Waals surface area contributed by atoms with Crippen LogP contribution in [0.4, 0.5) is 0 Å². The minimum atomic E-state index is -0.607. The SMILES string of the molecule is COc1ccc(C(=O)Oc2ccccc2/C=C/C(=O)NNC(=O)c2ccc(Cl)cc2Cl)cc1. The number of nitrogens with one attached hydrogen (secondary N) is 2. The second-order valence-corrected chi connectivity index (χ2v) is 7.40. The topological polar surface area (TPSA) is 93.7 Å². The number of amides is 2. The van der Waals surface area contributed by atoms with Crippen LogP contribution in [0.1, 0.15) is 26.3 Å². The molecule has 0 aliphatic heterocycles. The molecule has 0 bridgehead atoms. The first kappa shape index (κ1) is 23.8. The van der Waals surface area contributed by atoms with Gasteiger partial charge in [-0.25, -0.2) is 4.79 Å². The Hall–Kier alpha value is -3.81. The molecular formula is C24H18Cl2N2O5. The maximum atomic E-state index is 12.4. The molecule has 0 fully saturated rings. The molecule has 0 radical (unpaired) electrons. The second kappa shape index (κ2) is 11.2. The van der Waals surface area contributed by atoms with Gasteiger partial charge in [0.25, 0.3) is 11.8 Å². The summed E-state index contributed by atoms with van der Waals surface area (Å²) in [5.41, 5.74) is 5.50. The van der Waals surface area contributed by atoms with Crippen LogP contribution in [0, 0.1) is 0 Å². The summed E-state index contributed by atoms with van der Waals surface area (Å²) < 4.78 is 10.5. The Bertz CT molecular complexity index is 1210. The summed E-state index contributed by atoms with van der Waals surface area (Å²) in [6.07, 6.45) is 2.64. The van der Waals surface area contributed by atoms with Crippen LogP contribution in [0.15, 0.2) is 72.8 Å². The first-order chi connectivity index (χ1) is 15.9. The van der Waals surface area contributed by atoms with E-state index < -0.39 is 17.8 Å². The zero-order chi connectivity index (χ0) is 23.8. The third-order valence-corrected chi connectivity index (χ3v) is 4.88. The van der Waals surface area contributed by atoms with E-state index in [1.807, 2.05) is 0 Å². The van der Waals surface area contributed by atoms with Crippen molar-refractivity contribution >= 4 is 47.1 Å². The van der Waals surface area contributed by atoms with Gasteiger partial charge in [0.05, 0.1) is 23.3 Å². The van der Waals surface area contributed by atoms with Gasteiger partial charge in [-0.15, -0.1) is 0 Å². The van der Waals surface area contributed by atoms with Crippen molar-refractivity contribution in [1.82, 2.24) is 10.9 Å². The summed E-state index contributed by atoms with van der Waals surface area (Å²) in [7, 11) is 1.53. The third-order valence-electron chi connectivity index (χ3n) is 4.34. The van der Waals surface area contributed by atoms with E-state index in [9.17, 15) is 14.4 Å². The lowest BCUT2D eigenvalue weighted by molar-refractivity contribution is -0.117. The van der Waals surface area contributed by atoms with Crippen molar-refractivity contribution < 1.29 is 23.9 Å². The zero-order valence-electron chi connectivity index (χ0n) is 17.3. The first-order valence-corrected chi connectivity index (χ1v) is 10.3. The molecule has 3 aromatic rings.